The number of amides is 3. The first kappa shape index (κ1) is 16.8. The summed E-state index contributed by atoms with van der Waals surface area (Å²) in [6, 6.07) is -0.237. The van der Waals surface area contributed by atoms with Crippen LogP contribution in [0.2, 0.25) is 0 Å². The number of methoxy groups -OCH3 is 1. The van der Waals surface area contributed by atoms with Gasteiger partial charge in [-0.2, -0.15) is 11.8 Å². The molecule has 0 aromatic carbocycles. The van der Waals surface area contributed by atoms with Crippen molar-refractivity contribution in [2.24, 2.45) is 0 Å². The summed E-state index contributed by atoms with van der Waals surface area (Å²) in [6.45, 7) is 0. The van der Waals surface area contributed by atoms with Crippen LogP contribution >= 0.6 is 11.8 Å². The van der Waals surface area contributed by atoms with E-state index >= 15 is 0 Å². The second-order valence-electron chi connectivity index (χ2n) is 4.74. The highest BCUT2D eigenvalue weighted by atomic mass is 32.2. The lowest BCUT2D eigenvalue weighted by molar-refractivity contribution is -0.140. The monoisotopic (exact) mass is 302 g/mol. The normalized spacial score (nSPS) is 15.4. The predicted molar refractivity (Wildman–Crippen MR) is 77.5 cm³/mol. The van der Waals surface area contributed by atoms with Crippen LogP contribution in [0.1, 0.15) is 38.5 Å². The number of thioether (sulfide) groups is 1. The highest BCUT2D eigenvalue weighted by molar-refractivity contribution is 7.99. The lowest BCUT2D eigenvalue weighted by Gasteiger charge is -2.22. The molecule has 0 bridgehead atoms. The maximum Gasteiger partial charge on any atom is 0.321 e. The fourth-order valence-corrected chi connectivity index (χ4v) is 2.77. The molecule has 6 nitrogen and oxygen atoms in total. The Balaban J connectivity index is 2.08. The number of nitrogens with one attached hydrogen (secondary N) is 2. The average Bonchev–Trinajstić information content (AvgIpc) is 2.44. The van der Waals surface area contributed by atoms with Gasteiger partial charge >= 0.3 is 12.0 Å². The van der Waals surface area contributed by atoms with E-state index in [2.05, 4.69) is 15.4 Å². The van der Waals surface area contributed by atoms with Gasteiger partial charge in [0.25, 0.3) is 0 Å². The van der Waals surface area contributed by atoms with Crippen LogP contribution in [-0.2, 0) is 14.3 Å². The Hall–Kier alpha value is -1.24. The quantitative estimate of drug-likeness (QED) is 0.573. The third-order valence-electron chi connectivity index (χ3n) is 3.10. The van der Waals surface area contributed by atoms with Crippen molar-refractivity contribution >= 4 is 29.7 Å². The number of imide groups is 1. The molecule has 0 radical (unpaired) electrons. The fourth-order valence-electron chi connectivity index (χ4n) is 2.05. The second-order valence-corrected chi connectivity index (χ2v) is 5.84. The van der Waals surface area contributed by atoms with E-state index < -0.39 is 6.03 Å². The number of carbonyl (C=O) groups excluding carboxylic acids is 3. The van der Waals surface area contributed by atoms with Gasteiger partial charge in [0, 0.05) is 11.8 Å². The van der Waals surface area contributed by atoms with Gasteiger partial charge in [0.1, 0.15) is 0 Å². The van der Waals surface area contributed by atoms with Crippen molar-refractivity contribution in [2.45, 2.75) is 44.6 Å². The zero-order valence-electron chi connectivity index (χ0n) is 11.8. The lowest BCUT2D eigenvalue weighted by atomic mass is 9.96. The van der Waals surface area contributed by atoms with Crippen molar-refractivity contribution in [1.29, 1.82) is 0 Å². The minimum absolute atomic E-state index is 0.162. The van der Waals surface area contributed by atoms with Crippen LogP contribution in [-0.4, -0.2) is 42.6 Å². The molecule has 1 aliphatic rings. The third-order valence-corrected chi connectivity index (χ3v) is 4.06. The molecule has 0 heterocycles. The number of rotatable bonds is 6. The molecule has 2 N–H and O–H groups in total. The van der Waals surface area contributed by atoms with Crippen molar-refractivity contribution in [3.63, 3.8) is 0 Å². The van der Waals surface area contributed by atoms with Crippen LogP contribution in [0.15, 0.2) is 0 Å². The molecule has 1 rings (SSSR count). The molecule has 0 saturated heterocycles. The summed E-state index contributed by atoms with van der Waals surface area (Å²) < 4.78 is 4.49. The van der Waals surface area contributed by atoms with Gasteiger partial charge in [-0.1, -0.05) is 19.3 Å². The Morgan fingerprint density at radius 3 is 2.55 bits per heavy atom. The van der Waals surface area contributed by atoms with E-state index in [1.165, 1.54) is 25.3 Å². The van der Waals surface area contributed by atoms with E-state index in [1.807, 2.05) is 0 Å². The van der Waals surface area contributed by atoms with Crippen molar-refractivity contribution in [3.05, 3.63) is 0 Å². The maximum atomic E-state index is 11.6. The molecule has 0 aromatic heterocycles. The number of esters is 1. The summed E-state index contributed by atoms with van der Waals surface area (Å²) >= 11 is 1.30. The summed E-state index contributed by atoms with van der Waals surface area (Å²) in [7, 11) is 1.33. The molecule has 1 saturated carbocycles. The van der Waals surface area contributed by atoms with E-state index in [0.717, 1.165) is 25.7 Å². The summed E-state index contributed by atoms with van der Waals surface area (Å²) in [5.74, 6) is 0.0282. The molecule has 1 fully saturated rings. The van der Waals surface area contributed by atoms with Crippen LogP contribution in [0.25, 0.3) is 0 Å². The molecule has 20 heavy (non-hydrogen) atoms. The zero-order valence-corrected chi connectivity index (χ0v) is 12.6. The van der Waals surface area contributed by atoms with Gasteiger partial charge in [0.05, 0.1) is 19.3 Å². The van der Waals surface area contributed by atoms with Gasteiger partial charge < -0.3 is 10.1 Å². The van der Waals surface area contributed by atoms with Gasteiger partial charge in [-0.05, 0) is 12.8 Å². The first-order valence-electron chi connectivity index (χ1n) is 6.86. The first-order valence-corrected chi connectivity index (χ1v) is 8.02. The minimum Gasteiger partial charge on any atom is -0.469 e. The summed E-state index contributed by atoms with van der Waals surface area (Å²) in [5, 5.41) is 5.12. The van der Waals surface area contributed by atoms with Crippen LogP contribution in [0.5, 0.6) is 0 Å². The maximum absolute atomic E-state index is 11.6. The third kappa shape index (κ3) is 7.37. The molecule has 0 aliphatic heterocycles. The Morgan fingerprint density at radius 1 is 1.20 bits per heavy atom. The number of hydrogen-bond acceptors (Lipinski definition) is 5. The van der Waals surface area contributed by atoms with Crippen molar-refractivity contribution in [2.75, 3.05) is 18.6 Å². The minimum atomic E-state index is -0.421. The SMILES string of the molecule is COC(=O)CCSCC(=O)NC(=O)NC1CCCCC1. The van der Waals surface area contributed by atoms with Gasteiger partial charge in [0.15, 0.2) is 0 Å². The molecular formula is C13H22N2O4S. The smallest absolute Gasteiger partial charge is 0.321 e. The summed E-state index contributed by atoms with van der Waals surface area (Å²) in [4.78, 5) is 33.9. The number of urea groups is 1. The molecule has 114 valence electrons. The molecule has 3 amide bonds. The molecule has 0 unspecified atom stereocenters. The van der Waals surface area contributed by atoms with Gasteiger partial charge in [-0.25, -0.2) is 4.79 Å². The molecular weight excluding hydrogens is 280 g/mol. The van der Waals surface area contributed by atoms with Crippen molar-refractivity contribution in [3.8, 4) is 0 Å². The molecule has 0 spiro atoms. The van der Waals surface area contributed by atoms with E-state index in [-0.39, 0.29) is 30.1 Å². The first-order chi connectivity index (χ1) is 9.61. The zero-order chi connectivity index (χ0) is 14.8. The second kappa shape index (κ2) is 9.63. The molecule has 7 heteroatoms. The fraction of sp³-hybridized carbons (Fsp3) is 0.769. The van der Waals surface area contributed by atoms with Crippen LogP contribution in [0.3, 0.4) is 0 Å². The van der Waals surface area contributed by atoms with Gasteiger partial charge in [-0.15, -0.1) is 0 Å². The highest BCUT2D eigenvalue weighted by Crippen LogP contribution is 2.17. The summed E-state index contributed by atoms with van der Waals surface area (Å²) in [5.41, 5.74) is 0. The largest absolute Gasteiger partial charge is 0.469 e. The lowest BCUT2D eigenvalue weighted by Crippen LogP contribution is -2.45. The van der Waals surface area contributed by atoms with Crippen LogP contribution < -0.4 is 10.6 Å². The number of hydrogen-bond donors (Lipinski definition) is 2. The summed E-state index contributed by atoms with van der Waals surface area (Å²) in [6.07, 6.45) is 5.70. The number of ether oxygens (including phenoxy) is 1. The van der Waals surface area contributed by atoms with Gasteiger partial charge in [0.2, 0.25) is 5.91 Å². The Morgan fingerprint density at radius 2 is 1.90 bits per heavy atom. The van der Waals surface area contributed by atoms with Crippen LogP contribution in [0, 0.1) is 0 Å². The standard InChI is InChI=1S/C13H22N2O4S/c1-19-12(17)7-8-20-9-11(16)15-13(18)14-10-5-3-2-4-6-10/h10H,2-9H2,1H3,(H2,14,15,16,18). The highest BCUT2D eigenvalue weighted by Gasteiger charge is 2.16. The van der Waals surface area contributed by atoms with Gasteiger partial charge in [-0.3, -0.25) is 14.9 Å². The van der Waals surface area contributed by atoms with Crippen molar-refractivity contribution < 1.29 is 19.1 Å². The van der Waals surface area contributed by atoms with Crippen molar-refractivity contribution in [1.82, 2.24) is 10.6 Å². The number of carbonyl (C=O) groups is 3. The van der Waals surface area contributed by atoms with E-state index in [4.69, 9.17) is 0 Å². The molecule has 0 aromatic rings. The van der Waals surface area contributed by atoms with E-state index in [1.54, 1.807) is 0 Å². The van der Waals surface area contributed by atoms with E-state index in [0.29, 0.717) is 5.75 Å². The predicted octanol–water partition coefficient (Wildman–Crippen LogP) is 1.44. The Bertz CT molecular complexity index is 343. The molecule has 0 atom stereocenters. The topological polar surface area (TPSA) is 84.5 Å². The van der Waals surface area contributed by atoms with Crippen LogP contribution in [0.4, 0.5) is 4.79 Å². The van der Waals surface area contributed by atoms with E-state index in [9.17, 15) is 14.4 Å². The Labute approximate surface area is 123 Å². The molecule has 1 aliphatic carbocycles. The average molecular weight is 302 g/mol. The Kier molecular flexibility index (Phi) is 8.10.